The summed E-state index contributed by atoms with van der Waals surface area (Å²) >= 11 is 0. The van der Waals surface area contributed by atoms with Gasteiger partial charge in [-0.1, -0.05) is 48.5 Å². The summed E-state index contributed by atoms with van der Waals surface area (Å²) in [6.07, 6.45) is 1.42. The molecule has 32 heavy (non-hydrogen) atoms. The fourth-order valence-electron chi connectivity index (χ4n) is 5.48. The van der Waals surface area contributed by atoms with Crippen LogP contribution in [0.5, 0.6) is 0 Å². The molecule has 1 saturated heterocycles. The van der Waals surface area contributed by atoms with Crippen molar-refractivity contribution in [3.8, 4) is 11.1 Å². The van der Waals surface area contributed by atoms with Gasteiger partial charge in [-0.05, 0) is 54.4 Å². The number of carbonyl (C=O) groups is 3. The first-order valence-electron chi connectivity index (χ1n) is 11.1. The summed E-state index contributed by atoms with van der Waals surface area (Å²) < 4.78 is 5.52. The number of benzene rings is 2. The fraction of sp³-hybridized carbons (Fsp3) is 0.400. The molecule has 0 spiro atoms. The highest BCUT2D eigenvalue weighted by molar-refractivity contribution is 5.93. The summed E-state index contributed by atoms with van der Waals surface area (Å²) in [6, 6.07) is 15.3. The third-order valence-electron chi connectivity index (χ3n) is 7.17. The summed E-state index contributed by atoms with van der Waals surface area (Å²) in [7, 11) is 0. The number of hydrogen-bond donors (Lipinski definition) is 2. The number of piperidine rings is 1. The number of rotatable bonds is 5. The van der Waals surface area contributed by atoms with E-state index in [0.717, 1.165) is 35.1 Å². The molecule has 166 valence electrons. The van der Waals surface area contributed by atoms with Crippen LogP contribution in [0.2, 0.25) is 0 Å². The van der Waals surface area contributed by atoms with Gasteiger partial charge in [-0.2, -0.15) is 0 Å². The van der Waals surface area contributed by atoms with Gasteiger partial charge in [-0.15, -0.1) is 0 Å². The Labute approximate surface area is 186 Å². The van der Waals surface area contributed by atoms with Crippen molar-refractivity contribution < 1.29 is 24.2 Å². The average molecular weight is 434 g/mol. The van der Waals surface area contributed by atoms with E-state index in [2.05, 4.69) is 17.4 Å². The zero-order chi connectivity index (χ0) is 22.5. The molecule has 1 saturated carbocycles. The Hall–Kier alpha value is -3.35. The fourth-order valence-corrected chi connectivity index (χ4v) is 5.48. The second kappa shape index (κ2) is 7.65. The molecule has 7 heteroatoms. The highest BCUT2D eigenvalue weighted by Crippen LogP contribution is 2.54. The Morgan fingerprint density at radius 2 is 1.75 bits per heavy atom. The summed E-state index contributed by atoms with van der Waals surface area (Å²) in [4.78, 5) is 38.7. The van der Waals surface area contributed by atoms with E-state index in [-0.39, 0.29) is 24.3 Å². The largest absolute Gasteiger partial charge is 0.479 e. The number of carbonyl (C=O) groups excluding carboxylic acids is 2. The van der Waals surface area contributed by atoms with Gasteiger partial charge in [-0.3, -0.25) is 4.79 Å². The first kappa shape index (κ1) is 20.5. The molecule has 1 heterocycles. The Bertz CT molecular complexity index is 1050. The van der Waals surface area contributed by atoms with Crippen LogP contribution in [-0.4, -0.2) is 52.7 Å². The molecule has 2 aliphatic carbocycles. The van der Waals surface area contributed by atoms with Gasteiger partial charge in [0.15, 0.2) is 0 Å². The third-order valence-corrected chi connectivity index (χ3v) is 7.17. The van der Waals surface area contributed by atoms with Gasteiger partial charge in [0.05, 0.1) is 0 Å². The molecule has 3 aliphatic rings. The molecule has 0 aromatic heterocycles. The second-order valence-corrected chi connectivity index (χ2v) is 8.95. The molecule has 2 fully saturated rings. The SMILES string of the molecule is C[C@H](NC(=O)OCC1c2ccccc2-c2ccccc21)C(=O)N1CCCC2CC21C(=O)O. The Morgan fingerprint density at radius 3 is 2.38 bits per heavy atom. The Kier molecular flexibility index (Phi) is 4.92. The van der Waals surface area contributed by atoms with Gasteiger partial charge < -0.3 is 20.1 Å². The number of amides is 2. The normalized spacial score (nSPS) is 24.0. The number of ether oxygens (including phenoxy) is 1. The molecule has 2 aromatic rings. The van der Waals surface area contributed by atoms with Gasteiger partial charge in [0.2, 0.25) is 5.91 Å². The van der Waals surface area contributed by atoms with Crippen LogP contribution < -0.4 is 5.32 Å². The van der Waals surface area contributed by atoms with Crippen molar-refractivity contribution >= 4 is 18.0 Å². The van der Waals surface area contributed by atoms with E-state index in [9.17, 15) is 19.5 Å². The van der Waals surface area contributed by atoms with Crippen molar-refractivity contribution in [2.45, 2.75) is 43.7 Å². The van der Waals surface area contributed by atoms with Crippen molar-refractivity contribution in [1.29, 1.82) is 0 Å². The summed E-state index contributed by atoms with van der Waals surface area (Å²) in [6.45, 7) is 2.13. The van der Waals surface area contributed by atoms with E-state index >= 15 is 0 Å². The van der Waals surface area contributed by atoms with Crippen molar-refractivity contribution in [3.05, 3.63) is 59.7 Å². The zero-order valence-corrected chi connectivity index (χ0v) is 17.9. The molecular weight excluding hydrogens is 408 g/mol. The van der Waals surface area contributed by atoms with E-state index in [4.69, 9.17) is 4.74 Å². The summed E-state index contributed by atoms with van der Waals surface area (Å²) in [5.74, 6) is -1.38. The lowest BCUT2D eigenvalue weighted by Crippen LogP contribution is -2.56. The lowest BCUT2D eigenvalue weighted by atomic mass is 9.98. The van der Waals surface area contributed by atoms with Crippen molar-refractivity contribution in [3.63, 3.8) is 0 Å². The first-order chi connectivity index (χ1) is 15.4. The summed E-state index contributed by atoms with van der Waals surface area (Å²) in [5, 5.41) is 12.3. The lowest BCUT2D eigenvalue weighted by Gasteiger charge is -2.35. The molecule has 5 rings (SSSR count). The molecule has 2 N–H and O–H groups in total. The minimum absolute atomic E-state index is 0.0133. The molecule has 2 amide bonds. The number of fused-ring (bicyclic) bond motifs is 4. The number of nitrogens with zero attached hydrogens (tertiary/aromatic N) is 1. The maximum absolute atomic E-state index is 13.0. The van der Waals surface area contributed by atoms with Crippen LogP contribution in [0, 0.1) is 5.92 Å². The van der Waals surface area contributed by atoms with E-state index in [1.807, 2.05) is 36.4 Å². The van der Waals surface area contributed by atoms with Crippen LogP contribution in [0.1, 0.15) is 43.2 Å². The third kappa shape index (κ3) is 3.15. The predicted molar refractivity (Wildman–Crippen MR) is 117 cm³/mol. The second-order valence-electron chi connectivity index (χ2n) is 8.95. The Balaban J connectivity index is 1.23. The molecule has 3 atom stereocenters. The standard InChI is InChI=1S/C25H26N2O5/c1-15(22(28)27-12-6-7-16-13-25(16,27)23(29)30)26-24(31)32-14-21-19-10-4-2-8-17(19)18-9-3-5-11-20(18)21/h2-5,8-11,15-16,21H,6-7,12-14H2,1H3,(H,26,31)(H,29,30)/t15-,16?,25?/m0/s1. The number of nitrogens with one attached hydrogen (secondary N) is 1. The minimum Gasteiger partial charge on any atom is -0.479 e. The average Bonchev–Trinajstić information content (AvgIpc) is 3.48. The highest BCUT2D eigenvalue weighted by atomic mass is 16.5. The van der Waals surface area contributed by atoms with Crippen LogP contribution in [0.25, 0.3) is 11.1 Å². The van der Waals surface area contributed by atoms with Gasteiger partial charge in [0.1, 0.15) is 18.2 Å². The number of likely N-dealkylation sites (tertiary alicyclic amines) is 1. The molecule has 1 aliphatic heterocycles. The van der Waals surface area contributed by atoms with E-state index in [1.165, 1.54) is 4.90 Å². The van der Waals surface area contributed by atoms with Crippen LogP contribution in [0.15, 0.2) is 48.5 Å². The smallest absolute Gasteiger partial charge is 0.407 e. The molecule has 0 radical (unpaired) electrons. The minimum atomic E-state index is -1.09. The highest BCUT2D eigenvalue weighted by Gasteiger charge is 2.67. The molecule has 2 unspecified atom stereocenters. The van der Waals surface area contributed by atoms with Crippen LogP contribution in [-0.2, 0) is 14.3 Å². The maximum atomic E-state index is 13.0. The monoisotopic (exact) mass is 434 g/mol. The maximum Gasteiger partial charge on any atom is 0.407 e. The van der Waals surface area contributed by atoms with Crippen LogP contribution in [0.4, 0.5) is 4.79 Å². The van der Waals surface area contributed by atoms with Crippen molar-refractivity contribution in [2.24, 2.45) is 5.92 Å². The van der Waals surface area contributed by atoms with Crippen molar-refractivity contribution in [2.75, 3.05) is 13.2 Å². The van der Waals surface area contributed by atoms with Gasteiger partial charge in [0, 0.05) is 12.5 Å². The van der Waals surface area contributed by atoms with E-state index < -0.39 is 23.6 Å². The van der Waals surface area contributed by atoms with Gasteiger partial charge in [-0.25, -0.2) is 9.59 Å². The number of alkyl carbamates (subject to hydrolysis) is 1. The number of hydrogen-bond acceptors (Lipinski definition) is 4. The Morgan fingerprint density at radius 1 is 1.12 bits per heavy atom. The van der Waals surface area contributed by atoms with Gasteiger partial charge >= 0.3 is 12.1 Å². The predicted octanol–water partition coefficient (Wildman–Crippen LogP) is 3.38. The molecule has 7 nitrogen and oxygen atoms in total. The number of aliphatic carboxylic acids is 1. The molecule has 0 bridgehead atoms. The number of carboxylic acid groups (broad SMARTS) is 1. The summed E-state index contributed by atoms with van der Waals surface area (Å²) in [5.41, 5.74) is 3.42. The van der Waals surface area contributed by atoms with Gasteiger partial charge in [0.25, 0.3) is 0 Å². The van der Waals surface area contributed by atoms with E-state index in [0.29, 0.717) is 13.0 Å². The molecular formula is C25H26N2O5. The van der Waals surface area contributed by atoms with E-state index in [1.54, 1.807) is 6.92 Å². The zero-order valence-electron chi connectivity index (χ0n) is 17.9. The van der Waals surface area contributed by atoms with Crippen molar-refractivity contribution in [1.82, 2.24) is 10.2 Å². The topological polar surface area (TPSA) is 95.9 Å². The molecule has 2 aromatic carbocycles. The van der Waals surface area contributed by atoms with Crippen LogP contribution in [0.3, 0.4) is 0 Å². The lowest BCUT2D eigenvalue weighted by molar-refractivity contribution is -0.155. The first-order valence-corrected chi connectivity index (χ1v) is 11.1. The number of carboxylic acids is 1. The quantitative estimate of drug-likeness (QED) is 0.752. The van der Waals surface area contributed by atoms with Crippen LogP contribution >= 0.6 is 0 Å².